The third kappa shape index (κ3) is 3.30. The van der Waals surface area contributed by atoms with E-state index in [9.17, 15) is 8.78 Å². The Morgan fingerprint density at radius 1 is 1.26 bits per heavy atom. The lowest BCUT2D eigenvalue weighted by Gasteiger charge is -2.06. The quantitative estimate of drug-likeness (QED) is 0.854. The second kappa shape index (κ2) is 6.12. The fourth-order valence-electron chi connectivity index (χ4n) is 1.63. The van der Waals surface area contributed by atoms with Crippen LogP contribution in [0.4, 0.5) is 8.78 Å². The molecule has 19 heavy (non-hydrogen) atoms. The average Bonchev–Trinajstić information content (AvgIpc) is 2.73. The summed E-state index contributed by atoms with van der Waals surface area (Å²) < 4.78 is 27.8. The third-order valence-corrected chi connectivity index (χ3v) is 3.64. The van der Waals surface area contributed by atoms with Crippen LogP contribution in [0, 0.1) is 18.6 Å². The monoisotopic (exact) mass is 284 g/mol. The normalized spacial score (nSPS) is 10.9. The van der Waals surface area contributed by atoms with Gasteiger partial charge in [-0.05, 0) is 24.6 Å². The van der Waals surface area contributed by atoms with E-state index in [2.05, 4.69) is 10.2 Å². The SMILES string of the molecule is Cc1nnc(SCc2ccc(F)c(F)c2)n1CCN. The third-order valence-electron chi connectivity index (χ3n) is 2.61. The van der Waals surface area contributed by atoms with Crippen LogP contribution in [0.1, 0.15) is 11.4 Å². The van der Waals surface area contributed by atoms with E-state index in [1.165, 1.54) is 17.8 Å². The number of aryl methyl sites for hydroxylation is 1. The van der Waals surface area contributed by atoms with Gasteiger partial charge in [-0.25, -0.2) is 8.78 Å². The molecule has 0 spiro atoms. The highest BCUT2D eigenvalue weighted by atomic mass is 32.2. The predicted octanol–water partition coefficient (Wildman–Crippen LogP) is 2.12. The van der Waals surface area contributed by atoms with Crippen LogP contribution < -0.4 is 5.73 Å². The molecule has 1 heterocycles. The molecular formula is C12H14F2N4S. The Bertz CT molecular complexity index is 571. The van der Waals surface area contributed by atoms with Crippen LogP contribution >= 0.6 is 11.8 Å². The van der Waals surface area contributed by atoms with Gasteiger partial charge in [-0.3, -0.25) is 0 Å². The Balaban J connectivity index is 2.07. The molecule has 0 aliphatic rings. The van der Waals surface area contributed by atoms with Crippen LogP contribution in [0.25, 0.3) is 0 Å². The van der Waals surface area contributed by atoms with E-state index in [0.717, 1.165) is 17.0 Å². The van der Waals surface area contributed by atoms with E-state index in [0.29, 0.717) is 24.4 Å². The van der Waals surface area contributed by atoms with Gasteiger partial charge in [-0.1, -0.05) is 17.8 Å². The average molecular weight is 284 g/mol. The topological polar surface area (TPSA) is 56.7 Å². The minimum absolute atomic E-state index is 0.498. The van der Waals surface area contributed by atoms with E-state index in [4.69, 9.17) is 5.73 Å². The maximum Gasteiger partial charge on any atom is 0.191 e. The highest BCUT2D eigenvalue weighted by Crippen LogP contribution is 2.22. The first-order valence-corrected chi connectivity index (χ1v) is 6.77. The summed E-state index contributed by atoms with van der Waals surface area (Å²) in [7, 11) is 0. The number of hydrogen-bond donors (Lipinski definition) is 1. The van der Waals surface area contributed by atoms with Gasteiger partial charge in [0.05, 0.1) is 0 Å². The molecule has 1 aromatic carbocycles. The first kappa shape index (κ1) is 14.0. The minimum atomic E-state index is -0.837. The fraction of sp³-hybridized carbons (Fsp3) is 0.333. The zero-order valence-electron chi connectivity index (χ0n) is 10.4. The van der Waals surface area contributed by atoms with Crippen molar-refractivity contribution in [2.45, 2.75) is 24.4 Å². The van der Waals surface area contributed by atoms with Crippen molar-refractivity contribution in [2.75, 3.05) is 6.54 Å². The number of nitrogens with zero attached hydrogens (tertiary/aromatic N) is 3. The van der Waals surface area contributed by atoms with Gasteiger partial charge in [0.25, 0.3) is 0 Å². The number of halogens is 2. The number of aromatic nitrogens is 3. The van der Waals surface area contributed by atoms with Crippen molar-refractivity contribution in [1.29, 1.82) is 0 Å². The molecule has 2 aromatic rings. The van der Waals surface area contributed by atoms with E-state index >= 15 is 0 Å². The molecule has 102 valence electrons. The molecule has 0 unspecified atom stereocenters. The summed E-state index contributed by atoms with van der Waals surface area (Å²) in [5.74, 6) is -0.383. The largest absolute Gasteiger partial charge is 0.329 e. The van der Waals surface area contributed by atoms with E-state index < -0.39 is 11.6 Å². The lowest BCUT2D eigenvalue weighted by Crippen LogP contribution is -2.12. The summed E-state index contributed by atoms with van der Waals surface area (Å²) in [6.45, 7) is 2.99. The number of thioether (sulfide) groups is 1. The van der Waals surface area contributed by atoms with Crippen molar-refractivity contribution in [3.8, 4) is 0 Å². The van der Waals surface area contributed by atoms with Gasteiger partial charge in [0.2, 0.25) is 0 Å². The van der Waals surface area contributed by atoms with Crippen LogP contribution in [0.15, 0.2) is 23.4 Å². The first-order chi connectivity index (χ1) is 9.11. The van der Waals surface area contributed by atoms with E-state index in [1.54, 1.807) is 6.07 Å². The molecule has 4 nitrogen and oxygen atoms in total. The Kier molecular flexibility index (Phi) is 4.49. The summed E-state index contributed by atoms with van der Waals surface area (Å²) in [5, 5.41) is 8.75. The standard InChI is InChI=1S/C12H14F2N4S/c1-8-16-17-12(18(8)5-4-15)19-7-9-2-3-10(13)11(14)6-9/h2-3,6H,4-5,7,15H2,1H3. The molecule has 0 saturated carbocycles. The molecule has 0 saturated heterocycles. The molecule has 0 bridgehead atoms. The Morgan fingerprint density at radius 3 is 2.74 bits per heavy atom. The van der Waals surface area contributed by atoms with Crippen molar-refractivity contribution in [3.63, 3.8) is 0 Å². The molecule has 2 N–H and O–H groups in total. The van der Waals surface area contributed by atoms with Gasteiger partial charge < -0.3 is 10.3 Å². The van der Waals surface area contributed by atoms with Crippen LogP contribution in [-0.2, 0) is 12.3 Å². The maximum absolute atomic E-state index is 13.1. The molecular weight excluding hydrogens is 270 g/mol. The molecule has 0 aliphatic carbocycles. The molecule has 7 heteroatoms. The number of benzene rings is 1. The molecule has 0 fully saturated rings. The highest BCUT2D eigenvalue weighted by molar-refractivity contribution is 7.98. The Hall–Kier alpha value is -1.47. The van der Waals surface area contributed by atoms with Crippen molar-refractivity contribution in [3.05, 3.63) is 41.2 Å². The number of rotatable bonds is 5. The Morgan fingerprint density at radius 2 is 2.05 bits per heavy atom. The fourth-order valence-corrected chi connectivity index (χ4v) is 2.59. The summed E-state index contributed by atoms with van der Waals surface area (Å²) >= 11 is 1.42. The van der Waals surface area contributed by atoms with Crippen LogP contribution in [0.2, 0.25) is 0 Å². The van der Waals surface area contributed by atoms with Gasteiger partial charge in [-0.15, -0.1) is 10.2 Å². The van der Waals surface area contributed by atoms with Crippen LogP contribution in [0.3, 0.4) is 0 Å². The second-order valence-electron chi connectivity index (χ2n) is 4.01. The molecule has 2 rings (SSSR count). The molecule has 1 aromatic heterocycles. The van der Waals surface area contributed by atoms with Crippen molar-refractivity contribution >= 4 is 11.8 Å². The van der Waals surface area contributed by atoms with Crippen LogP contribution in [0.5, 0.6) is 0 Å². The predicted molar refractivity (Wildman–Crippen MR) is 69.7 cm³/mol. The summed E-state index contributed by atoms with van der Waals surface area (Å²) in [4.78, 5) is 0. The molecule has 0 amide bonds. The number of nitrogens with two attached hydrogens (primary N) is 1. The Labute approximate surface area is 114 Å². The van der Waals surface area contributed by atoms with Gasteiger partial charge in [0.15, 0.2) is 16.8 Å². The van der Waals surface area contributed by atoms with Crippen LogP contribution in [-0.4, -0.2) is 21.3 Å². The molecule has 0 aliphatic heterocycles. The summed E-state index contributed by atoms with van der Waals surface area (Å²) in [6, 6.07) is 3.88. The van der Waals surface area contributed by atoms with E-state index in [-0.39, 0.29) is 0 Å². The van der Waals surface area contributed by atoms with Crippen molar-refractivity contribution in [2.24, 2.45) is 5.73 Å². The molecule has 0 atom stereocenters. The highest BCUT2D eigenvalue weighted by Gasteiger charge is 2.09. The van der Waals surface area contributed by atoms with Gasteiger partial charge in [-0.2, -0.15) is 0 Å². The molecule has 0 radical (unpaired) electrons. The summed E-state index contributed by atoms with van der Waals surface area (Å²) in [5.41, 5.74) is 6.22. The smallest absolute Gasteiger partial charge is 0.191 e. The van der Waals surface area contributed by atoms with Crippen molar-refractivity contribution < 1.29 is 8.78 Å². The summed E-state index contributed by atoms with van der Waals surface area (Å²) in [6.07, 6.45) is 0. The zero-order chi connectivity index (χ0) is 13.8. The van der Waals surface area contributed by atoms with Gasteiger partial charge in [0, 0.05) is 18.8 Å². The van der Waals surface area contributed by atoms with Gasteiger partial charge >= 0.3 is 0 Å². The van der Waals surface area contributed by atoms with Gasteiger partial charge in [0.1, 0.15) is 5.82 Å². The first-order valence-electron chi connectivity index (χ1n) is 5.78. The second-order valence-corrected chi connectivity index (χ2v) is 4.95. The number of hydrogen-bond acceptors (Lipinski definition) is 4. The minimum Gasteiger partial charge on any atom is -0.329 e. The lowest BCUT2D eigenvalue weighted by molar-refractivity contribution is 0.507. The van der Waals surface area contributed by atoms with Crippen molar-refractivity contribution in [1.82, 2.24) is 14.8 Å². The van der Waals surface area contributed by atoms with E-state index in [1.807, 2.05) is 11.5 Å². The maximum atomic E-state index is 13.1. The zero-order valence-corrected chi connectivity index (χ0v) is 11.3. The lowest BCUT2D eigenvalue weighted by atomic mass is 10.2.